The SMILES string of the molecule is CCNCC(C)CNCC1(C2CC2)CC1. The summed E-state index contributed by atoms with van der Waals surface area (Å²) in [6.07, 6.45) is 6.00. The fourth-order valence-electron chi connectivity index (χ4n) is 2.62. The molecule has 0 amide bonds. The van der Waals surface area contributed by atoms with Gasteiger partial charge in [0.05, 0.1) is 0 Å². The van der Waals surface area contributed by atoms with Crippen LogP contribution < -0.4 is 10.6 Å². The number of hydrogen-bond acceptors (Lipinski definition) is 2. The molecule has 2 rings (SSSR count). The average Bonchev–Trinajstić information content (AvgIpc) is 3.04. The smallest absolute Gasteiger partial charge is 0.00106 e. The highest BCUT2D eigenvalue weighted by Gasteiger charge is 2.53. The van der Waals surface area contributed by atoms with E-state index in [1.807, 2.05) is 0 Å². The molecule has 2 fully saturated rings. The molecule has 0 aromatic carbocycles. The van der Waals surface area contributed by atoms with Crippen LogP contribution in [0.5, 0.6) is 0 Å². The van der Waals surface area contributed by atoms with Crippen molar-refractivity contribution in [1.29, 1.82) is 0 Å². The van der Waals surface area contributed by atoms with E-state index in [0.717, 1.165) is 30.3 Å². The second-order valence-corrected chi connectivity index (χ2v) is 5.68. The Bertz CT molecular complexity index is 195. The Balaban J connectivity index is 1.54. The van der Waals surface area contributed by atoms with Crippen LogP contribution >= 0.6 is 0 Å². The quantitative estimate of drug-likeness (QED) is 0.640. The number of rotatable bonds is 8. The zero-order valence-corrected chi connectivity index (χ0v) is 10.3. The summed E-state index contributed by atoms with van der Waals surface area (Å²) in [7, 11) is 0. The standard InChI is InChI=1S/C13H26N2/c1-3-14-8-11(2)9-15-10-13(6-7-13)12-4-5-12/h11-12,14-15H,3-10H2,1-2H3. The monoisotopic (exact) mass is 210 g/mol. The Hall–Kier alpha value is -0.0800. The molecule has 0 aromatic heterocycles. The minimum Gasteiger partial charge on any atom is -0.317 e. The maximum absolute atomic E-state index is 3.68. The van der Waals surface area contributed by atoms with Crippen LogP contribution in [0.3, 0.4) is 0 Å². The molecule has 1 atom stereocenters. The molecule has 0 radical (unpaired) electrons. The molecule has 0 saturated heterocycles. The predicted octanol–water partition coefficient (Wildman–Crippen LogP) is 2.01. The molecular formula is C13H26N2. The molecule has 0 bridgehead atoms. The first kappa shape index (κ1) is 11.4. The van der Waals surface area contributed by atoms with Crippen LogP contribution in [0.15, 0.2) is 0 Å². The van der Waals surface area contributed by atoms with Crippen molar-refractivity contribution in [2.24, 2.45) is 17.3 Å². The van der Waals surface area contributed by atoms with Gasteiger partial charge in [0, 0.05) is 6.54 Å². The molecule has 2 saturated carbocycles. The Morgan fingerprint density at radius 2 is 1.87 bits per heavy atom. The normalized spacial score (nSPS) is 25.2. The second kappa shape index (κ2) is 4.84. The van der Waals surface area contributed by atoms with Gasteiger partial charge in [-0.05, 0) is 62.6 Å². The van der Waals surface area contributed by atoms with Gasteiger partial charge in [-0.15, -0.1) is 0 Å². The zero-order valence-electron chi connectivity index (χ0n) is 10.3. The molecule has 0 aromatic rings. The molecule has 0 aliphatic heterocycles. The second-order valence-electron chi connectivity index (χ2n) is 5.68. The molecule has 2 aliphatic rings. The summed E-state index contributed by atoms with van der Waals surface area (Å²) in [5.41, 5.74) is 0.762. The molecule has 2 aliphatic carbocycles. The molecular weight excluding hydrogens is 184 g/mol. The summed E-state index contributed by atoms with van der Waals surface area (Å²) < 4.78 is 0. The fraction of sp³-hybridized carbons (Fsp3) is 1.00. The first-order valence-corrected chi connectivity index (χ1v) is 6.68. The van der Waals surface area contributed by atoms with E-state index in [9.17, 15) is 0 Å². The predicted molar refractivity (Wildman–Crippen MR) is 65.0 cm³/mol. The van der Waals surface area contributed by atoms with Crippen molar-refractivity contribution < 1.29 is 0 Å². The summed E-state index contributed by atoms with van der Waals surface area (Å²) in [5.74, 6) is 1.86. The molecule has 1 unspecified atom stereocenters. The van der Waals surface area contributed by atoms with Gasteiger partial charge < -0.3 is 10.6 Å². The van der Waals surface area contributed by atoms with Gasteiger partial charge in [-0.25, -0.2) is 0 Å². The van der Waals surface area contributed by atoms with E-state index in [-0.39, 0.29) is 0 Å². The molecule has 2 nitrogen and oxygen atoms in total. The van der Waals surface area contributed by atoms with Crippen molar-refractivity contribution in [2.45, 2.75) is 39.5 Å². The lowest BCUT2D eigenvalue weighted by Crippen LogP contribution is -2.33. The van der Waals surface area contributed by atoms with Gasteiger partial charge in [0.1, 0.15) is 0 Å². The fourth-order valence-corrected chi connectivity index (χ4v) is 2.62. The van der Waals surface area contributed by atoms with Crippen molar-refractivity contribution in [3.63, 3.8) is 0 Å². The van der Waals surface area contributed by atoms with Crippen molar-refractivity contribution >= 4 is 0 Å². The third-order valence-electron chi connectivity index (χ3n) is 4.05. The summed E-state index contributed by atoms with van der Waals surface area (Å²) in [4.78, 5) is 0. The van der Waals surface area contributed by atoms with Crippen LogP contribution in [-0.2, 0) is 0 Å². The molecule has 15 heavy (non-hydrogen) atoms. The van der Waals surface area contributed by atoms with Gasteiger partial charge in [0.15, 0.2) is 0 Å². The van der Waals surface area contributed by atoms with Gasteiger partial charge in [0.25, 0.3) is 0 Å². The number of hydrogen-bond donors (Lipinski definition) is 2. The molecule has 88 valence electrons. The lowest BCUT2D eigenvalue weighted by atomic mass is 10.0. The van der Waals surface area contributed by atoms with Gasteiger partial charge in [-0.2, -0.15) is 0 Å². The highest BCUT2D eigenvalue weighted by atomic mass is 14.9. The lowest BCUT2D eigenvalue weighted by Gasteiger charge is -2.18. The average molecular weight is 210 g/mol. The van der Waals surface area contributed by atoms with Crippen LogP contribution in [0.25, 0.3) is 0 Å². The van der Waals surface area contributed by atoms with Crippen molar-refractivity contribution in [3.8, 4) is 0 Å². The van der Waals surface area contributed by atoms with E-state index in [1.165, 1.54) is 38.8 Å². The summed E-state index contributed by atoms with van der Waals surface area (Å²) >= 11 is 0. The van der Waals surface area contributed by atoms with Gasteiger partial charge in [0.2, 0.25) is 0 Å². The number of nitrogens with one attached hydrogen (secondary N) is 2. The Morgan fingerprint density at radius 1 is 1.20 bits per heavy atom. The maximum atomic E-state index is 3.68. The minimum atomic E-state index is 0.762. The van der Waals surface area contributed by atoms with Gasteiger partial charge in [-0.1, -0.05) is 13.8 Å². The summed E-state index contributed by atoms with van der Waals surface area (Å²) in [6, 6.07) is 0. The first-order valence-electron chi connectivity index (χ1n) is 6.68. The third-order valence-corrected chi connectivity index (χ3v) is 4.05. The van der Waals surface area contributed by atoms with Crippen LogP contribution in [0.1, 0.15) is 39.5 Å². The van der Waals surface area contributed by atoms with E-state index >= 15 is 0 Å². The van der Waals surface area contributed by atoms with Crippen molar-refractivity contribution in [1.82, 2.24) is 10.6 Å². The third kappa shape index (κ3) is 3.18. The Morgan fingerprint density at radius 3 is 2.40 bits per heavy atom. The van der Waals surface area contributed by atoms with E-state index in [2.05, 4.69) is 24.5 Å². The highest BCUT2D eigenvalue weighted by Crippen LogP contribution is 2.60. The highest BCUT2D eigenvalue weighted by molar-refractivity contribution is 5.05. The van der Waals surface area contributed by atoms with Crippen LogP contribution in [0, 0.1) is 17.3 Å². The maximum Gasteiger partial charge on any atom is 0.00106 e. The van der Waals surface area contributed by atoms with Crippen LogP contribution in [0.2, 0.25) is 0 Å². The topological polar surface area (TPSA) is 24.1 Å². The zero-order chi connectivity index (χ0) is 10.7. The first-order chi connectivity index (χ1) is 7.27. The minimum absolute atomic E-state index is 0.762. The van der Waals surface area contributed by atoms with E-state index in [0.29, 0.717) is 0 Å². The van der Waals surface area contributed by atoms with Gasteiger partial charge >= 0.3 is 0 Å². The Kier molecular flexibility index (Phi) is 3.68. The summed E-state index contributed by atoms with van der Waals surface area (Å²) in [6.45, 7) is 9.21. The molecule has 0 heterocycles. The van der Waals surface area contributed by atoms with Crippen LogP contribution in [0.4, 0.5) is 0 Å². The van der Waals surface area contributed by atoms with E-state index in [1.54, 1.807) is 0 Å². The largest absolute Gasteiger partial charge is 0.317 e. The van der Waals surface area contributed by atoms with Crippen molar-refractivity contribution in [3.05, 3.63) is 0 Å². The Labute approximate surface area is 94.2 Å². The van der Waals surface area contributed by atoms with E-state index < -0.39 is 0 Å². The van der Waals surface area contributed by atoms with Crippen molar-refractivity contribution in [2.75, 3.05) is 26.2 Å². The van der Waals surface area contributed by atoms with E-state index in [4.69, 9.17) is 0 Å². The van der Waals surface area contributed by atoms with Crippen LogP contribution in [-0.4, -0.2) is 26.2 Å². The van der Waals surface area contributed by atoms with Gasteiger partial charge in [-0.3, -0.25) is 0 Å². The molecule has 2 heteroatoms. The molecule has 0 spiro atoms. The summed E-state index contributed by atoms with van der Waals surface area (Å²) in [5, 5.41) is 7.08. The lowest BCUT2D eigenvalue weighted by molar-refractivity contribution is 0.380. The molecule has 2 N–H and O–H groups in total.